The summed E-state index contributed by atoms with van der Waals surface area (Å²) in [4.78, 5) is 19.1. The molecule has 2 N–H and O–H groups in total. The summed E-state index contributed by atoms with van der Waals surface area (Å²) in [6.07, 6.45) is 2.38. The van der Waals surface area contributed by atoms with Crippen molar-refractivity contribution in [1.29, 1.82) is 0 Å². The van der Waals surface area contributed by atoms with Gasteiger partial charge in [0.05, 0.1) is 23.2 Å². The molecule has 0 unspecified atom stereocenters. The molecule has 0 amide bonds. The molecule has 10 heteroatoms. The molecule has 0 aliphatic rings. The monoisotopic (exact) mass is 397 g/mol. The van der Waals surface area contributed by atoms with Crippen molar-refractivity contribution >= 4 is 32.5 Å². The first-order valence-corrected chi connectivity index (χ1v) is 9.54. The number of aromatic amines is 1. The molecule has 0 fully saturated rings. The molecule has 3 aromatic rings. The van der Waals surface area contributed by atoms with Gasteiger partial charge in [-0.1, -0.05) is 6.92 Å². The standard InChI is InChI=1S/C17H14F3N3O3S/c1-2-5-27(25,26)23-13-4-3-12(19)14(15(13)20)16(24)11-8-22-17-10(11)6-9(18)7-21-17/h3-4,6-8,23H,2,5H2,1H3,(H,21,22). The van der Waals surface area contributed by atoms with E-state index < -0.39 is 44.5 Å². The summed E-state index contributed by atoms with van der Waals surface area (Å²) >= 11 is 0. The van der Waals surface area contributed by atoms with Crippen molar-refractivity contribution in [2.75, 3.05) is 10.5 Å². The van der Waals surface area contributed by atoms with Crippen LogP contribution in [0.3, 0.4) is 0 Å². The Labute approximate surface area is 152 Å². The molecular weight excluding hydrogens is 383 g/mol. The molecule has 0 saturated carbocycles. The molecule has 0 aliphatic heterocycles. The Morgan fingerprint density at radius 1 is 1.26 bits per heavy atom. The van der Waals surface area contributed by atoms with Crippen molar-refractivity contribution in [3.8, 4) is 0 Å². The van der Waals surface area contributed by atoms with Crippen molar-refractivity contribution in [3.63, 3.8) is 0 Å². The van der Waals surface area contributed by atoms with E-state index in [-0.39, 0.29) is 28.8 Å². The highest BCUT2D eigenvalue weighted by Gasteiger charge is 2.25. The number of hydrogen-bond donors (Lipinski definition) is 2. The maximum atomic E-state index is 14.7. The molecule has 3 rings (SSSR count). The number of H-pyrrole nitrogens is 1. The van der Waals surface area contributed by atoms with E-state index in [0.717, 1.165) is 30.6 Å². The summed E-state index contributed by atoms with van der Waals surface area (Å²) in [5.74, 6) is -4.58. The second kappa shape index (κ2) is 7.03. The summed E-state index contributed by atoms with van der Waals surface area (Å²) in [5.41, 5.74) is -1.52. The van der Waals surface area contributed by atoms with E-state index in [1.807, 2.05) is 4.72 Å². The van der Waals surface area contributed by atoms with Crippen LogP contribution in [0.5, 0.6) is 0 Å². The number of nitrogens with one attached hydrogen (secondary N) is 2. The number of anilines is 1. The SMILES string of the molecule is CCCS(=O)(=O)Nc1ccc(F)c(C(=O)c2c[nH]c3ncc(F)cc23)c1F. The van der Waals surface area contributed by atoms with E-state index in [0.29, 0.717) is 0 Å². The van der Waals surface area contributed by atoms with Gasteiger partial charge in [0.1, 0.15) is 17.3 Å². The van der Waals surface area contributed by atoms with Crippen LogP contribution in [0.1, 0.15) is 29.3 Å². The minimum absolute atomic E-state index is 0.0516. The van der Waals surface area contributed by atoms with Gasteiger partial charge in [0.2, 0.25) is 15.8 Å². The fraction of sp³-hybridized carbons (Fsp3) is 0.176. The van der Waals surface area contributed by atoms with Crippen molar-refractivity contribution in [2.24, 2.45) is 0 Å². The van der Waals surface area contributed by atoms with Crippen molar-refractivity contribution in [1.82, 2.24) is 9.97 Å². The fourth-order valence-corrected chi connectivity index (χ4v) is 3.76. The van der Waals surface area contributed by atoms with Gasteiger partial charge in [0.25, 0.3) is 0 Å². The summed E-state index contributed by atoms with van der Waals surface area (Å²) < 4.78 is 68.1. The number of carbonyl (C=O) groups excluding carboxylic acids is 1. The maximum Gasteiger partial charge on any atom is 0.232 e. The van der Waals surface area contributed by atoms with Crippen LogP contribution in [0, 0.1) is 17.5 Å². The number of sulfonamides is 1. The van der Waals surface area contributed by atoms with Crippen molar-refractivity contribution in [3.05, 3.63) is 59.2 Å². The lowest BCUT2D eigenvalue weighted by atomic mass is 10.0. The molecule has 0 spiro atoms. The molecule has 142 valence electrons. The average molecular weight is 397 g/mol. The quantitative estimate of drug-likeness (QED) is 0.624. The minimum Gasteiger partial charge on any atom is -0.345 e. The number of fused-ring (bicyclic) bond motifs is 1. The summed E-state index contributed by atoms with van der Waals surface area (Å²) in [5, 5.41) is 0.0516. The number of carbonyl (C=O) groups is 1. The van der Waals surface area contributed by atoms with Crippen molar-refractivity contribution < 1.29 is 26.4 Å². The van der Waals surface area contributed by atoms with Crippen LogP contribution in [-0.2, 0) is 10.0 Å². The van der Waals surface area contributed by atoms with Crippen molar-refractivity contribution in [2.45, 2.75) is 13.3 Å². The first-order valence-electron chi connectivity index (χ1n) is 7.89. The molecular formula is C17H14F3N3O3S. The summed E-state index contributed by atoms with van der Waals surface area (Å²) in [6, 6.07) is 2.69. The van der Waals surface area contributed by atoms with E-state index in [4.69, 9.17) is 0 Å². The fourth-order valence-electron chi connectivity index (χ4n) is 2.63. The Bertz CT molecular complexity index is 1140. The number of benzene rings is 1. The van der Waals surface area contributed by atoms with Crippen LogP contribution in [0.25, 0.3) is 11.0 Å². The second-order valence-corrected chi connectivity index (χ2v) is 7.63. The number of hydrogen-bond acceptors (Lipinski definition) is 4. The van der Waals surface area contributed by atoms with Gasteiger partial charge in [-0.3, -0.25) is 9.52 Å². The highest BCUT2D eigenvalue weighted by molar-refractivity contribution is 7.92. The molecule has 6 nitrogen and oxygen atoms in total. The number of pyridine rings is 1. The Balaban J connectivity index is 2.09. The van der Waals surface area contributed by atoms with Gasteiger partial charge in [0.15, 0.2) is 5.82 Å². The van der Waals surface area contributed by atoms with Gasteiger partial charge in [-0.25, -0.2) is 26.6 Å². The Hall–Kier alpha value is -2.88. The third-order valence-corrected chi connectivity index (χ3v) is 5.28. The van der Waals surface area contributed by atoms with Crippen LogP contribution >= 0.6 is 0 Å². The molecule has 0 aliphatic carbocycles. The average Bonchev–Trinajstić information content (AvgIpc) is 3.00. The lowest BCUT2D eigenvalue weighted by Gasteiger charge is -2.11. The highest BCUT2D eigenvalue weighted by Crippen LogP contribution is 2.27. The number of rotatable bonds is 6. The van der Waals surface area contributed by atoms with Gasteiger partial charge >= 0.3 is 0 Å². The van der Waals surface area contributed by atoms with Gasteiger partial charge in [0, 0.05) is 17.1 Å². The van der Waals surface area contributed by atoms with E-state index in [1.54, 1.807) is 6.92 Å². The Kier molecular flexibility index (Phi) is 4.92. The Morgan fingerprint density at radius 3 is 2.70 bits per heavy atom. The summed E-state index contributed by atoms with van der Waals surface area (Å²) in [6.45, 7) is 1.62. The van der Waals surface area contributed by atoms with Crippen LogP contribution in [0.15, 0.2) is 30.6 Å². The van der Waals surface area contributed by atoms with Gasteiger partial charge in [-0.2, -0.15) is 0 Å². The normalized spacial score (nSPS) is 11.7. The number of nitrogens with zero attached hydrogens (tertiary/aromatic N) is 1. The molecule has 2 aromatic heterocycles. The van der Waals surface area contributed by atoms with Crippen LogP contribution in [-0.4, -0.2) is 29.9 Å². The van der Waals surface area contributed by atoms with Crippen LogP contribution < -0.4 is 4.72 Å². The molecule has 0 bridgehead atoms. The first kappa shape index (κ1) is 18.9. The predicted molar refractivity (Wildman–Crippen MR) is 93.5 cm³/mol. The largest absolute Gasteiger partial charge is 0.345 e. The highest BCUT2D eigenvalue weighted by atomic mass is 32.2. The summed E-state index contributed by atoms with van der Waals surface area (Å²) in [7, 11) is -3.85. The lowest BCUT2D eigenvalue weighted by molar-refractivity contribution is 0.103. The number of ketones is 1. The van der Waals surface area contributed by atoms with Gasteiger partial charge in [-0.05, 0) is 24.6 Å². The first-order chi connectivity index (χ1) is 12.7. The molecule has 2 heterocycles. The van der Waals surface area contributed by atoms with E-state index in [1.165, 1.54) is 0 Å². The maximum absolute atomic E-state index is 14.7. The van der Waals surface area contributed by atoms with E-state index >= 15 is 0 Å². The predicted octanol–water partition coefficient (Wildman–Crippen LogP) is 3.36. The smallest absolute Gasteiger partial charge is 0.232 e. The zero-order chi connectivity index (χ0) is 19.8. The molecule has 0 saturated heterocycles. The molecule has 0 atom stereocenters. The van der Waals surface area contributed by atoms with Gasteiger partial charge in [-0.15, -0.1) is 0 Å². The van der Waals surface area contributed by atoms with Crippen LogP contribution in [0.4, 0.5) is 18.9 Å². The molecule has 1 aromatic carbocycles. The Morgan fingerprint density at radius 2 is 2.00 bits per heavy atom. The zero-order valence-corrected chi connectivity index (χ0v) is 14.8. The van der Waals surface area contributed by atoms with E-state index in [9.17, 15) is 26.4 Å². The third-order valence-electron chi connectivity index (χ3n) is 3.80. The minimum atomic E-state index is -3.85. The molecule has 0 radical (unpaired) electrons. The van der Waals surface area contributed by atoms with Crippen LogP contribution in [0.2, 0.25) is 0 Å². The van der Waals surface area contributed by atoms with E-state index in [2.05, 4.69) is 9.97 Å². The number of aromatic nitrogens is 2. The zero-order valence-electron chi connectivity index (χ0n) is 14.0. The van der Waals surface area contributed by atoms with Gasteiger partial charge < -0.3 is 4.98 Å². The topological polar surface area (TPSA) is 91.9 Å². The lowest BCUT2D eigenvalue weighted by Crippen LogP contribution is -2.18. The third kappa shape index (κ3) is 3.65. The molecule has 27 heavy (non-hydrogen) atoms. The second-order valence-electron chi connectivity index (χ2n) is 5.79. The number of halogens is 3.